The van der Waals surface area contributed by atoms with Crippen molar-refractivity contribution in [1.29, 1.82) is 0 Å². The smallest absolute Gasteiger partial charge is 0.338 e. The van der Waals surface area contributed by atoms with Crippen molar-refractivity contribution in [3.8, 4) is 121 Å². The molecule has 6 atom stereocenters. The summed E-state index contributed by atoms with van der Waals surface area (Å²) in [5.74, 6) is -21.2. The number of rotatable bonds is 9. The number of phenols is 16. The largest absolute Gasteiger partial charge is 0.508 e. The standard InChI is InChI=1S/C64H46O29/c65-24-9-34(68)31-17-48(91-62(85)21-2-28-30(16-44(78)58(84)52(28)56(82)42(76)4-21)61-50(19-33-36(70)11-26(67)14-47(33)90-61)93-64(87)23-7-39(73)54(80)40(74)8-23)59(88-45(31)12-24)20-1-27-29(15-43(77)57(83)51(27)55(81)41(75)3-20)60-49(18-32-35(69)10-25(66)13-46(32)89-60)92-63(86)22-5-37(71)53(79)38(72)6-22/h1-16,48-50,59-61,65-74,77-80,83-84H,17-19H2,(H,75,81)(H,76,82)/t48-,49-,50-,59-,60+,61-/m1/s1. The molecule has 0 amide bonds. The molecule has 18 N–H and O–H groups in total. The number of esters is 3. The topological polar surface area (TPSA) is 505 Å². The van der Waals surface area contributed by atoms with E-state index < -0.39 is 232 Å². The molecule has 0 aromatic heterocycles. The van der Waals surface area contributed by atoms with Crippen LogP contribution in [0.1, 0.15) is 82.8 Å². The summed E-state index contributed by atoms with van der Waals surface area (Å²) in [5.41, 5.74) is -6.23. The number of hydrogen-bond acceptors (Lipinski definition) is 29. The van der Waals surface area contributed by atoms with Gasteiger partial charge in [0.25, 0.3) is 0 Å². The molecule has 3 heterocycles. The Morgan fingerprint density at radius 2 is 0.624 bits per heavy atom. The number of carbonyl (C=O) groups excluding carboxylic acids is 3. The number of aromatic hydroxyl groups is 18. The summed E-state index contributed by atoms with van der Waals surface area (Å²) in [6, 6.07) is 13.7. The average Bonchev–Trinajstić information content (AvgIpc) is 1.71. The summed E-state index contributed by atoms with van der Waals surface area (Å²) in [7, 11) is 0. The van der Waals surface area contributed by atoms with Gasteiger partial charge in [0.05, 0.1) is 27.5 Å². The molecule has 9 aromatic carbocycles. The van der Waals surface area contributed by atoms with Crippen LogP contribution < -0.4 is 25.1 Å². The first-order chi connectivity index (χ1) is 44.0. The van der Waals surface area contributed by atoms with E-state index in [9.17, 15) is 111 Å². The van der Waals surface area contributed by atoms with Crippen LogP contribution in [0.2, 0.25) is 0 Å². The summed E-state index contributed by atoms with van der Waals surface area (Å²) in [5, 5.41) is 191. The summed E-state index contributed by atoms with van der Waals surface area (Å²) in [4.78, 5) is 71.4. The first-order valence-corrected chi connectivity index (χ1v) is 27.3. The summed E-state index contributed by atoms with van der Waals surface area (Å²) in [6.07, 6.45) is -12.3. The number of hydrogen-bond donors (Lipinski definition) is 18. The third-order valence-electron chi connectivity index (χ3n) is 15.9. The van der Waals surface area contributed by atoms with Crippen molar-refractivity contribution in [3.63, 3.8) is 0 Å². The van der Waals surface area contributed by atoms with Crippen LogP contribution >= 0.6 is 0 Å². The number of ether oxygens (including phenoxy) is 6. The van der Waals surface area contributed by atoms with Crippen LogP contribution in [0.3, 0.4) is 0 Å². The Hall–Kier alpha value is -13.0. The maximum Gasteiger partial charge on any atom is 0.338 e. The van der Waals surface area contributed by atoms with Crippen LogP contribution in [-0.2, 0) is 33.5 Å². The summed E-state index contributed by atoms with van der Waals surface area (Å²) in [6.45, 7) is 0. The second kappa shape index (κ2) is 22.3. The van der Waals surface area contributed by atoms with Crippen molar-refractivity contribution in [2.45, 2.75) is 55.9 Å². The van der Waals surface area contributed by atoms with Gasteiger partial charge in [-0.05, 0) is 71.4 Å². The molecule has 0 saturated heterocycles. The van der Waals surface area contributed by atoms with E-state index in [1.807, 2.05) is 0 Å². The van der Waals surface area contributed by atoms with Crippen LogP contribution in [0.5, 0.6) is 121 Å². The van der Waals surface area contributed by atoms with Gasteiger partial charge in [-0.2, -0.15) is 0 Å². The van der Waals surface area contributed by atoms with Gasteiger partial charge in [-0.3, -0.25) is 9.59 Å². The van der Waals surface area contributed by atoms with E-state index >= 15 is 4.79 Å². The Balaban J connectivity index is 0.997. The van der Waals surface area contributed by atoms with Gasteiger partial charge in [-0.15, -0.1) is 0 Å². The molecule has 0 bridgehead atoms. The van der Waals surface area contributed by atoms with Gasteiger partial charge in [0.15, 0.2) is 87.3 Å². The first-order valence-electron chi connectivity index (χ1n) is 27.3. The Bertz CT molecular complexity index is 4840. The van der Waals surface area contributed by atoms with Crippen LogP contribution in [-0.4, -0.2) is 128 Å². The van der Waals surface area contributed by atoms with E-state index in [0.717, 1.165) is 91.0 Å². The molecule has 0 fully saturated rings. The summed E-state index contributed by atoms with van der Waals surface area (Å²) >= 11 is 0. The fourth-order valence-corrected chi connectivity index (χ4v) is 11.5. The molecule has 3 aliphatic rings. The van der Waals surface area contributed by atoms with E-state index in [2.05, 4.69) is 0 Å². The third-order valence-corrected chi connectivity index (χ3v) is 15.9. The lowest BCUT2D eigenvalue weighted by molar-refractivity contribution is -0.0193. The molecule has 0 saturated carbocycles. The fraction of sp³-hybridized carbons (Fsp3) is 0.141. The predicted octanol–water partition coefficient (Wildman–Crippen LogP) is 6.12. The lowest BCUT2D eigenvalue weighted by atomic mass is 9.89. The molecule has 12 rings (SSSR count). The summed E-state index contributed by atoms with van der Waals surface area (Å²) < 4.78 is 36.6. The first kappa shape index (κ1) is 60.3. The van der Waals surface area contributed by atoms with Crippen LogP contribution in [0, 0.1) is 0 Å². The number of carbonyl (C=O) groups is 3. The number of fused-ring (bicyclic) bond motifs is 5. The maximum atomic E-state index is 15.1. The molecule has 476 valence electrons. The van der Waals surface area contributed by atoms with Crippen LogP contribution in [0.25, 0.3) is 21.5 Å². The monoisotopic (exact) mass is 1280 g/mol. The van der Waals surface area contributed by atoms with Crippen molar-refractivity contribution < 1.29 is 135 Å². The predicted molar refractivity (Wildman–Crippen MR) is 311 cm³/mol. The van der Waals surface area contributed by atoms with E-state index in [-0.39, 0.29) is 45.1 Å². The SMILES string of the molecule is O=C(O[C@@H]1Cc2c(O)cc(O)cc2O[C@@H]1c1cc(O)c(=O)c2c(O)c(O)cc([C@@H]3Oc4cc(O)cc(O)c4C[C@H]3OC(=O)c3cc(O)c(O)c(O)c3)c2c1)c1cc(O)c(=O)c2c(O)c(O)cc([C@H]3Oc4cc(O)cc(O)c4C[C@H]3OC(=O)c3cc(O)c(O)c(O)c3)c2c1. The second-order valence-corrected chi connectivity index (χ2v) is 21.8. The fourth-order valence-electron chi connectivity index (χ4n) is 11.5. The second-order valence-electron chi connectivity index (χ2n) is 21.8. The van der Waals surface area contributed by atoms with E-state index in [4.69, 9.17) is 28.4 Å². The maximum absolute atomic E-state index is 15.1. The molecular formula is C64H46O29. The van der Waals surface area contributed by atoms with E-state index in [0.29, 0.717) is 6.07 Å². The lowest BCUT2D eigenvalue weighted by Crippen LogP contribution is -2.35. The quantitative estimate of drug-likeness (QED) is 0.0439. The van der Waals surface area contributed by atoms with Crippen LogP contribution in [0.4, 0.5) is 0 Å². The van der Waals surface area contributed by atoms with Gasteiger partial charge in [0.2, 0.25) is 10.9 Å². The molecular weight excluding hydrogens is 1230 g/mol. The molecule has 0 unspecified atom stereocenters. The Kier molecular flexibility index (Phi) is 14.4. The molecule has 0 aliphatic carbocycles. The zero-order chi connectivity index (χ0) is 66.7. The van der Waals surface area contributed by atoms with Gasteiger partial charge in [-0.1, -0.05) is 0 Å². The molecule has 3 aliphatic heterocycles. The van der Waals surface area contributed by atoms with Gasteiger partial charge in [-0.25, -0.2) is 14.4 Å². The molecule has 93 heavy (non-hydrogen) atoms. The minimum atomic E-state index is -1.86. The highest BCUT2D eigenvalue weighted by Gasteiger charge is 2.43. The number of phenolic OH excluding ortho intramolecular Hbond substituents is 16. The average molecular weight is 1280 g/mol. The molecule has 0 spiro atoms. The Morgan fingerprint density at radius 3 is 1.00 bits per heavy atom. The molecule has 9 aromatic rings. The Morgan fingerprint density at radius 1 is 0.323 bits per heavy atom. The highest BCUT2D eigenvalue weighted by Crippen LogP contribution is 2.51. The van der Waals surface area contributed by atoms with Gasteiger partial charge in [0.1, 0.15) is 70.1 Å². The molecule has 29 nitrogen and oxygen atoms in total. The van der Waals surface area contributed by atoms with Gasteiger partial charge in [0, 0.05) is 89.0 Å². The number of benzene rings is 7. The van der Waals surface area contributed by atoms with E-state index in [1.165, 1.54) is 0 Å². The van der Waals surface area contributed by atoms with E-state index in [1.54, 1.807) is 0 Å². The zero-order valence-electron chi connectivity index (χ0n) is 46.9. The minimum Gasteiger partial charge on any atom is -0.508 e. The van der Waals surface area contributed by atoms with Gasteiger partial charge < -0.3 is 120 Å². The van der Waals surface area contributed by atoms with Crippen molar-refractivity contribution in [1.82, 2.24) is 0 Å². The third kappa shape index (κ3) is 10.5. The van der Waals surface area contributed by atoms with Crippen molar-refractivity contribution in [3.05, 3.63) is 168 Å². The highest BCUT2D eigenvalue weighted by atomic mass is 16.6. The van der Waals surface area contributed by atoms with Gasteiger partial charge >= 0.3 is 17.9 Å². The van der Waals surface area contributed by atoms with Crippen molar-refractivity contribution >= 4 is 39.5 Å². The minimum absolute atomic E-state index is 0.0764. The van der Waals surface area contributed by atoms with Crippen molar-refractivity contribution in [2.75, 3.05) is 0 Å². The van der Waals surface area contributed by atoms with Crippen LogP contribution in [0.15, 0.2) is 107 Å². The molecule has 0 radical (unpaired) electrons. The Labute approximate surface area is 516 Å². The normalized spacial score (nSPS) is 17.9. The lowest BCUT2D eigenvalue weighted by Gasteiger charge is -2.35. The molecule has 29 heteroatoms. The van der Waals surface area contributed by atoms with Crippen molar-refractivity contribution in [2.24, 2.45) is 0 Å². The highest BCUT2D eigenvalue weighted by molar-refractivity contribution is 6.00. The zero-order valence-corrected chi connectivity index (χ0v) is 46.9.